The number of rotatable bonds is 2. The molecule has 2 rings (SSSR count). The molecule has 1 aromatic rings. The van der Waals surface area contributed by atoms with Crippen LogP contribution in [0.25, 0.3) is 0 Å². The van der Waals surface area contributed by atoms with Gasteiger partial charge in [-0.3, -0.25) is 0 Å². The average molecular weight is 245 g/mol. The Kier molecular flexibility index (Phi) is 2.43. The van der Waals surface area contributed by atoms with E-state index in [1.165, 1.54) is 12.1 Å². The summed E-state index contributed by atoms with van der Waals surface area (Å²) in [6, 6.07) is 0. The van der Waals surface area contributed by atoms with Crippen LogP contribution >= 0.6 is 15.9 Å². The van der Waals surface area contributed by atoms with Gasteiger partial charge in [0.15, 0.2) is 0 Å². The molecule has 0 spiro atoms. The van der Waals surface area contributed by atoms with Crippen molar-refractivity contribution in [1.29, 1.82) is 0 Å². The number of nitrogens with zero attached hydrogens (tertiary/aromatic N) is 2. The lowest BCUT2D eigenvalue weighted by Crippen LogP contribution is -2.31. The molecule has 0 aliphatic carbocycles. The maximum Gasteiger partial charge on any atom is 0.127 e. The van der Waals surface area contributed by atoms with Gasteiger partial charge in [0.1, 0.15) is 10.4 Å². The summed E-state index contributed by atoms with van der Waals surface area (Å²) in [6.45, 7) is 5.95. The van der Waals surface area contributed by atoms with E-state index in [1.54, 1.807) is 0 Å². The first-order valence-electron chi connectivity index (χ1n) is 4.49. The number of hydrogen-bond donors (Lipinski definition) is 0. The van der Waals surface area contributed by atoms with Crippen LogP contribution in [0.3, 0.4) is 0 Å². The number of aryl methyl sites for hydroxylation is 1. The van der Waals surface area contributed by atoms with Gasteiger partial charge in [0, 0.05) is 12.3 Å². The molecular weight excluding hydrogens is 232 g/mol. The summed E-state index contributed by atoms with van der Waals surface area (Å²) in [6.07, 6.45) is 1.58. The summed E-state index contributed by atoms with van der Waals surface area (Å²) in [5.41, 5.74) is 1.19. The molecule has 0 N–H and O–H groups in total. The normalized spacial score (nSPS) is 21.6. The summed E-state index contributed by atoms with van der Waals surface area (Å²) in [4.78, 5) is 4.35. The third-order valence-corrected chi connectivity index (χ3v) is 3.28. The molecule has 0 saturated carbocycles. The molecule has 1 unspecified atom stereocenters. The van der Waals surface area contributed by atoms with Crippen molar-refractivity contribution in [1.82, 2.24) is 9.55 Å². The minimum absolute atomic E-state index is 0.401. The van der Waals surface area contributed by atoms with Gasteiger partial charge in [-0.2, -0.15) is 0 Å². The van der Waals surface area contributed by atoms with E-state index in [-0.39, 0.29) is 0 Å². The molecule has 3 nitrogen and oxygen atoms in total. The summed E-state index contributed by atoms with van der Waals surface area (Å²) in [7, 11) is 0. The van der Waals surface area contributed by atoms with Gasteiger partial charge < -0.3 is 9.30 Å². The van der Waals surface area contributed by atoms with E-state index in [2.05, 4.69) is 32.4 Å². The molecule has 2 heterocycles. The Morgan fingerprint density at radius 1 is 1.62 bits per heavy atom. The van der Waals surface area contributed by atoms with E-state index in [0.717, 1.165) is 23.6 Å². The number of ether oxygens (including phenoxy) is 1. The predicted octanol–water partition coefficient (Wildman–Crippen LogP) is 2.05. The van der Waals surface area contributed by atoms with Crippen LogP contribution in [-0.4, -0.2) is 22.3 Å². The van der Waals surface area contributed by atoms with Gasteiger partial charge in [-0.1, -0.05) is 0 Å². The van der Waals surface area contributed by atoms with Gasteiger partial charge >= 0.3 is 0 Å². The van der Waals surface area contributed by atoms with Crippen LogP contribution in [0, 0.1) is 13.8 Å². The van der Waals surface area contributed by atoms with E-state index >= 15 is 0 Å². The number of imidazole rings is 1. The van der Waals surface area contributed by atoms with Crippen molar-refractivity contribution >= 4 is 15.9 Å². The van der Waals surface area contributed by atoms with E-state index in [1.807, 2.05) is 6.92 Å². The van der Waals surface area contributed by atoms with Crippen molar-refractivity contribution in [2.45, 2.75) is 32.9 Å². The number of aromatic nitrogens is 2. The highest BCUT2D eigenvalue weighted by molar-refractivity contribution is 9.10. The fraction of sp³-hybridized carbons (Fsp3) is 0.667. The molecule has 0 radical (unpaired) electrons. The molecule has 1 atom stereocenters. The molecule has 0 bridgehead atoms. The minimum atomic E-state index is 0.401. The predicted molar refractivity (Wildman–Crippen MR) is 53.8 cm³/mol. The number of hydrogen-bond acceptors (Lipinski definition) is 2. The van der Waals surface area contributed by atoms with Gasteiger partial charge in [0.05, 0.1) is 12.6 Å². The Morgan fingerprint density at radius 3 is 2.69 bits per heavy atom. The van der Waals surface area contributed by atoms with E-state index in [4.69, 9.17) is 4.74 Å². The lowest BCUT2D eigenvalue weighted by atomic mass is 10.2. The molecular formula is C9H13BrN2O. The smallest absolute Gasteiger partial charge is 0.127 e. The topological polar surface area (TPSA) is 27.1 Å². The van der Waals surface area contributed by atoms with Crippen molar-refractivity contribution < 1.29 is 4.74 Å². The monoisotopic (exact) mass is 244 g/mol. The Morgan fingerprint density at radius 2 is 2.31 bits per heavy atom. The third kappa shape index (κ3) is 1.65. The Hall–Kier alpha value is -0.350. The molecule has 13 heavy (non-hydrogen) atoms. The minimum Gasteiger partial charge on any atom is -0.376 e. The lowest BCUT2D eigenvalue weighted by Gasteiger charge is -2.27. The summed E-state index contributed by atoms with van der Waals surface area (Å²) < 4.78 is 8.54. The lowest BCUT2D eigenvalue weighted by molar-refractivity contribution is -0.0597. The standard InChI is InChI=1S/C9H13BrN2O/c1-6-9(10)11-7(2)12(6)5-8-3-4-13-8/h8H,3-5H2,1-2H3. The zero-order chi connectivity index (χ0) is 9.42. The van der Waals surface area contributed by atoms with Crippen molar-refractivity contribution in [3.63, 3.8) is 0 Å². The van der Waals surface area contributed by atoms with Crippen molar-refractivity contribution in [2.75, 3.05) is 6.61 Å². The largest absolute Gasteiger partial charge is 0.376 e. The van der Waals surface area contributed by atoms with E-state index in [0.29, 0.717) is 6.10 Å². The molecule has 72 valence electrons. The second-order valence-electron chi connectivity index (χ2n) is 3.43. The van der Waals surface area contributed by atoms with Gasteiger partial charge in [0.2, 0.25) is 0 Å². The summed E-state index contributed by atoms with van der Waals surface area (Å²) in [5.74, 6) is 1.06. The van der Waals surface area contributed by atoms with Crippen LogP contribution in [0.1, 0.15) is 17.9 Å². The fourth-order valence-electron chi connectivity index (χ4n) is 1.54. The van der Waals surface area contributed by atoms with Gasteiger partial charge in [0.25, 0.3) is 0 Å². The first kappa shape index (κ1) is 9.21. The summed E-state index contributed by atoms with van der Waals surface area (Å²) in [5, 5.41) is 0. The zero-order valence-corrected chi connectivity index (χ0v) is 9.47. The Bertz CT molecular complexity index is 318. The average Bonchev–Trinajstić information content (AvgIpc) is 2.21. The molecule has 1 aliphatic rings. The first-order chi connectivity index (χ1) is 6.18. The Balaban J connectivity index is 2.17. The molecule has 0 aromatic carbocycles. The second kappa shape index (κ2) is 3.42. The highest BCUT2D eigenvalue weighted by atomic mass is 79.9. The SMILES string of the molecule is Cc1nc(Br)c(C)n1CC1CCO1. The third-order valence-electron chi connectivity index (χ3n) is 2.53. The maximum absolute atomic E-state index is 5.39. The quantitative estimate of drug-likeness (QED) is 0.797. The number of halogens is 1. The van der Waals surface area contributed by atoms with E-state index < -0.39 is 0 Å². The Labute approximate surface area is 86.2 Å². The second-order valence-corrected chi connectivity index (χ2v) is 4.18. The maximum atomic E-state index is 5.39. The van der Waals surface area contributed by atoms with Gasteiger partial charge in [-0.25, -0.2) is 4.98 Å². The van der Waals surface area contributed by atoms with Crippen molar-refractivity contribution in [2.24, 2.45) is 0 Å². The van der Waals surface area contributed by atoms with Crippen molar-refractivity contribution in [3.8, 4) is 0 Å². The molecule has 4 heteroatoms. The molecule has 1 aliphatic heterocycles. The van der Waals surface area contributed by atoms with Crippen LogP contribution in [-0.2, 0) is 11.3 Å². The van der Waals surface area contributed by atoms with Crippen molar-refractivity contribution in [3.05, 3.63) is 16.1 Å². The van der Waals surface area contributed by atoms with Crippen LogP contribution in [0.2, 0.25) is 0 Å². The van der Waals surface area contributed by atoms with Crippen LogP contribution in [0.5, 0.6) is 0 Å². The molecule has 1 saturated heterocycles. The highest BCUT2D eigenvalue weighted by Crippen LogP contribution is 2.20. The van der Waals surface area contributed by atoms with Crippen LogP contribution < -0.4 is 0 Å². The molecule has 1 fully saturated rings. The van der Waals surface area contributed by atoms with Crippen LogP contribution in [0.4, 0.5) is 0 Å². The zero-order valence-electron chi connectivity index (χ0n) is 7.88. The van der Waals surface area contributed by atoms with Gasteiger partial charge in [-0.15, -0.1) is 0 Å². The van der Waals surface area contributed by atoms with Crippen LogP contribution in [0.15, 0.2) is 4.60 Å². The first-order valence-corrected chi connectivity index (χ1v) is 5.28. The summed E-state index contributed by atoms with van der Waals surface area (Å²) >= 11 is 3.42. The fourth-order valence-corrected chi connectivity index (χ4v) is 2.01. The highest BCUT2D eigenvalue weighted by Gasteiger charge is 2.20. The van der Waals surface area contributed by atoms with Gasteiger partial charge in [-0.05, 0) is 36.2 Å². The molecule has 0 amide bonds. The van der Waals surface area contributed by atoms with E-state index in [9.17, 15) is 0 Å². The molecule has 1 aromatic heterocycles.